The summed E-state index contributed by atoms with van der Waals surface area (Å²) in [6.45, 7) is 5.04. The Kier molecular flexibility index (Phi) is 5.22. The predicted molar refractivity (Wildman–Crippen MR) is 120 cm³/mol. The van der Waals surface area contributed by atoms with E-state index in [1.165, 1.54) is 0 Å². The topological polar surface area (TPSA) is 29.5 Å². The molecule has 0 aliphatic heterocycles. The number of benzene rings is 3. The summed E-state index contributed by atoms with van der Waals surface area (Å²) in [6.07, 6.45) is 4.71. The van der Waals surface area contributed by atoms with Gasteiger partial charge in [0.1, 0.15) is 10.7 Å². The number of aliphatic hydroxyl groups is 1. The lowest BCUT2D eigenvalue weighted by Crippen LogP contribution is -2.32. The molecule has 1 aliphatic carbocycles. The Morgan fingerprint density at radius 3 is 2.61 bits per heavy atom. The van der Waals surface area contributed by atoms with Gasteiger partial charge in [-0.2, -0.15) is 0 Å². The lowest BCUT2D eigenvalue weighted by molar-refractivity contribution is 0.168. The normalized spacial score (nSPS) is 21.1. The van der Waals surface area contributed by atoms with Gasteiger partial charge in [0.05, 0.1) is 12.5 Å². The molecule has 0 radical (unpaired) electrons. The fourth-order valence-corrected chi connectivity index (χ4v) is 4.28. The third kappa shape index (κ3) is 3.57. The van der Waals surface area contributed by atoms with E-state index in [0.29, 0.717) is 12.5 Å². The largest absolute Gasteiger partial charge is 0.493 e. The Balaban J connectivity index is 1.91. The van der Waals surface area contributed by atoms with Crippen LogP contribution in [0.25, 0.3) is 16.8 Å². The lowest BCUT2D eigenvalue weighted by atomic mass is 9.78. The molecule has 2 nitrogen and oxygen atoms in total. The van der Waals surface area contributed by atoms with E-state index in [1.54, 1.807) is 6.08 Å². The fourth-order valence-electron chi connectivity index (χ4n) is 3.93. The Hall–Kier alpha value is -2.23. The van der Waals surface area contributed by atoms with E-state index in [2.05, 4.69) is 56.8 Å². The maximum absolute atomic E-state index is 11.3. The Labute approximate surface area is 172 Å². The molecule has 0 fully saturated rings. The third-order valence-corrected chi connectivity index (χ3v) is 5.82. The van der Waals surface area contributed by atoms with Crippen molar-refractivity contribution in [2.45, 2.75) is 31.1 Å². The second-order valence-electron chi connectivity index (χ2n) is 7.91. The zero-order chi connectivity index (χ0) is 19.7. The van der Waals surface area contributed by atoms with E-state index in [1.807, 2.05) is 36.4 Å². The van der Waals surface area contributed by atoms with Gasteiger partial charge in [0.2, 0.25) is 0 Å². The van der Waals surface area contributed by atoms with Crippen molar-refractivity contribution in [2.24, 2.45) is 5.92 Å². The van der Waals surface area contributed by atoms with Crippen LogP contribution < -0.4 is 4.74 Å². The lowest BCUT2D eigenvalue weighted by Gasteiger charge is -2.36. The van der Waals surface area contributed by atoms with Gasteiger partial charge >= 0.3 is 0 Å². The van der Waals surface area contributed by atoms with Crippen molar-refractivity contribution in [3.8, 4) is 5.75 Å². The van der Waals surface area contributed by atoms with E-state index in [0.717, 1.165) is 39.6 Å². The maximum atomic E-state index is 11.3. The molecule has 4 rings (SSSR count). The molecule has 3 aromatic rings. The molecule has 1 aliphatic rings. The summed E-state index contributed by atoms with van der Waals surface area (Å²) in [5, 5.41) is 13.5. The summed E-state index contributed by atoms with van der Waals surface area (Å²) in [6, 6.07) is 20.6. The van der Waals surface area contributed by atoms with E-state index >= 15 is 0 Å². The van der Waals surface area contributed by atoms with Gasteiger partial charge < -0.3 is 9.84 Å². The zero-order valence-electron chi connectivity index (χ0n) is 16.3. The van der Waals surface area contributed by atoms with Crippen LogP contribution in [0.15, 0.2) is 66.7 Å². The average molecular weight is 391 g/mol. The van der Waals surface area contributed by atoms with Crippen LogP contribution in [-0.4, -0.2) is 16.6 Å². The molecule has 0 saturated carbocycles. The monoisotopic (exact) mass is 390 g/mol. The first-order chi connectivity index (χ1) is 13.5. The van der Waals surface area contributed by atoms with Crippen molar-refractivity contribution >= 4 is 29.5 Å². The fraction of sp³-hybridized carbons (Fsp3) is 0.280. The average Bonchev–Trinajstić information content (AvgIpc) is 2.68. The third-order valence-electron chi connectivity index (χ3n) is 5.41. The first kappa shape index (κ1) is 19.1. The molecule has 2 atom stereocenters. The molecular weight excluding hydrogens is 364 g/mol. The summed E-state index contributed by atoms with van der Waals surface area (Å²) in [7, 11) is 0. The van der Waals surface area contributed by atoms with Gasteiger partial charge in [-0.25, -0.2) is 0 Å². The molecule has 0 saturated heterocycles. The van der Waals surface area contributed by atoms with Crippen molar-refractivity contribution in [2.75, 3.05) is 6.61 Å². The molecule has 144 valence electrons. The van der Waals surface area contributed by atoms with Crippen LogP contribution in [0.1, 0.15) is 42.9 Å². The number of thiol groups is 1. The molecule has 0 aromatic heterocycles. The van der Waals surface area contributed by atoms with Crippen LogP contribution in [0.4, 0.5) is 0 Å². The highest BCUT2D eigenvalue weighted by Crippen LogP contribution is 2.48. The van der Waals surface area contributed by atoms with Gasteiger partial charge in [-0.05, 0) is 46.4 Å². The molecule has 0 amide bonds. The van der Waals surface area contributed by atoms with Gasteiger partial charge in [0.15, 0.2) is 0 Å². The van der Waals surface area contributed by atoms with Crippen molar-refractivity contribution < 1.29 is 9.84 Å². The van der Waals surface area contributed by atoms with Crippen molar-refractivity contribution in [3.63, 3.8) is 0 Å². The SMILES string of the molecule is CC(C)CCOc1ccc2ccccc2c1C1c2ccccc2C=CC1(O)S. The molecule has 3 heteroatoms. The maximum Gasteiger partial charge on any atom is 0.137 e. The first-order valence-electron chi connectivity index (χ1n) is 9.85. The molecule has 1 N–H and O–H groups in total. The van der Waals surface area contributed by atoms with E-state index in [4.69, 9.17) is 4.74 Å². The molecular formula is C25H26O2S. The zero-order valence-corrected chi connectivity index (χ0v) is 17.2. The number of ether oxygens (including phenoxy) is 1. The predicted octanol–water partition coefficient (Wildman–Crippen LogP) is 6.04. The standard InChI is InChI=1S/C25H26O2S/c1-17(2)14-16-27-22-12-11-18-7-3-5-9-20(18)23(22)24-21-10-6-4-8-19(21)13-15-25(24,26)28/h3-13,15,17,24,26,28H,14,16H2,1-2H3. The molecule has 3 aromatic carbocycles. The number of rotatable bonds is 5. The van der Waals surface area contributed by atoms with Gasteiger partial charge in [-0.3, -0.25) is 0 Å². The highest BCUT2D eigenvalue weighted by Gasteiger charge is 2.39. The molecule has 0 bridgehead atoms. The van der Waals surface area contributed by atoms with Crippen molar-refractivity contribution in [1.82, 2.24) is 0 Å². The highest BCUT2D eigenvalue weighted by molar-refractivity contribution is 7.81. The van der Waals surface area contributed by atoms with Crippen LogP contribution >= 0.6 is 12.6 Å². The minimum atomic E-state index is -1.30. The van der Waals surface area contributed by atoms with E-state index in [-0.39, 0.29) is 5.92 Å². The van der Waals surface area contributed by atoms with Crippen LogP contribution in [0.2, 0.25) is 0 Å². The van der Waals surface area contributed by atoms with Crippen LogP contribution in [0.5, 0.6) is 5.75 Å². The number of fused-ring (bicyclic) bond motifs is 2. The highest BCUT2D eigenvalue weighted by atomic mass is 32.1. The Morgan fingerprint density at radius 1 is 1.04 bits per heavy atom. The smallest absolute Gasteiger partial charge is 0.137 e. The number of hydrogen-bond donors (Lipinski definition) is 2. The molecule has 2 unspecified atom stereocenters. The first-order valence-corrected chi connectivity index (χ1v) is 10.3. The summed E-state index contributed by atoms with van der Waals surface area (Å²) in [4.78, 5) is -1.30. The summed E-state index contributed by atoms with van der Waals surface area (Å²) >= 11 is 4.66. The summed E-state index contributed by atoms with van der Waals surface area (Å²) in [5.41, 5.74) is 3.16. The van der Waals surface area contributed by atoms with E-state index in [9.17, 15) is 5.11 Å². The summed E-state index contributed by atoms with van der Waals surface area (Å²) < 4.78 is 6.25. The van der Waals surface area contributed by atoms with Gasteiger partial charge in [-0.15, -0.1) is 12.6 Å². The number of hydrogen-bond acceptors (Lipinski definition) is 3. The Morgan fingerprint density at radius 2 is 1.79 bits per heavy atom. The van der Waals surface area contributed by atoms with Gasteiger partial charge in [0.25, 0.3) is 0 Å². The molecule has 0 heterocycles. The quantitative estimate of drug-likeness (QED) is 0.411. The minimum Gasteiger partial charge on any atom is -0.493 e. The van der Waals surface area contributed by atoms with Crippen LogP contribution in [0.3, 0.4) is 0 Å². The Bertz CT molecular complexity index is 1020. The van der Waals surface area contributed by atoms with E-state index < -0.39 is 4.93 Å². The van der Waals surface area contributed by atoms with Crippen molar-refractivity contribution in [1.29, 1.82) is 0 Å². The molecule has 28 heavy (non-hydrogen) atoms. The second-order valence-corrected chi connectivity index (χ2v) is 8.62. The second kappa shape index (κ2) is 7.65. The molecule has 0 spiro atoms. The van der Waals surface area contributed by atoms with Crippen LogP contribution in [0, 0.1) is 5.92 Å². The summed E-state index contributed by atoms with van der Waals surface area (Å²) in [5.74, 6) is 1.07. The minimum absolute atomic E-state index is 0.322. The van der Waals surface area contributed by atoms with Crippen LogP contribution in [-0.2, 0) is 0 Å². The van der Waals surface area contributed by atoms with Gasteiger partial charge in [-0.1, -0.05) is 74.5 Å². The van der Waals surface area contributed by atoms with Gasteiger partial charge in [0, 0.05) is 5.56 Å². The van der Waals surface area contributed by atoms with Crippen molar-refractivity contribution in [3.05, 3.63) is 83.4 Å².